The Morgan fingerprint density at radius 3 is 2.64 bits per heavy atom. The van der Waals surface area contributed by atoms with Gasteiger partial charge in [0.05, 0.1) is 19.6 Å². The Balaban J connectivity index is 1.43. The Hall–Kier alpha value is -1.74. The molecule has 4 atom stereocenters. The first kappa shape index (κ1) is 27.3. The van der Waals surface area contributed by atoms with Crippen LogP contribution in [0.4, 0.5) is 0 Å². The van der Waals surface area contributed by atoms with Crippen molar-refractivity contribution in [1.29, 1.82) is 0 Å². The van der Waals surface area contributed by atoms with E-state index < -0.39 is 0 Å². The molecule has 2 fully saturated rings. The summed E-state index contributed by atoms with van der Waals surface area (Å²) in [5.41, 5.74) is 1.24. The van der Waals surface area contributed by atoms with Gasteiger partial charge >= 0.3 is 5.97 Å². The Bertz CT molecular complexity index is 1040. The first-order chi connectivity index (χ1) is 17.5. The van der Waals surface area contributed by atoms with Gasteiger partial charge in [-0.05, 0) is 55.1 Å². The largest absolute Gasteiger partial charge is 0.469 e. The van der Waals surface area contributed by atoms with Crippen LogP contribution < -0.4 is 5.32 Å². The van der Waals surface area contributed by atoms with Crippen molar-refractivity contribution < 1.29 is 14.3 Å². The quantitative estimate of drug-likeness (QED) is 0.290. The summed E-state index contributed by atoms with van der Waals surface area (Å²) < 4.78 is 5.35. The third-order valence-corrected chi connectivity index (χ3v) is 8.27. The van der Waals surface area contributed by atoms with Crippen LogP contribution in [0.15, 0.2) is 42.5 Å². The molecule has 2 saturated heterocycles. The van der Waals surface area contributed by atoms with Crippen molar-refractivity contribution in [2.45, 2.75) is 43.7 Å². The van der Waals surface area contributed by atoms with E-state index in [1.54, 1.807) is 0 Å². The van der Waals surface area contributed by atoms with Crippen LogP contribution in [0.5, 0.6) is 0 Å². The molecule has 2 aromatic rings. The number of thiol groups is 2. The Labute approximate surface area is 225 Å². The molecule has 1 N–H and O–H groups in total. The minimum absolute atomic E-state index is 0.0351. The van der Waals surface area contributed by atoms with Gasteiger partial charge in [0.25, 0.3) is 0 Å². The maximum absolute atomic E-state index is 13.1. The summed E-state index contributed by atoms with van der Waals surface area (Å²) in [6.45, 7) is 3.51. The third kappa shape index (κ3) is 6.39. The number of nitrogens with zero attached hydrogens (tertiary/aromatic N) is 2. The van der Waals surface area contributed by atoms with E-state index in [1.807, 2.05) is 0 Å². The molecular formula is C28H39N3O3S2. The maximum atomic E-state index is 13.1. The summed E-state index contributed by atoms with van der Waals surface area (Å²) in [7, 11) is 1.51. The van der Waals surface area contributed by atoms with Crippen LogP contribution in [0.25, 0.3) is 10.8 Å². The molecule has 2 aliphatic heterocycles. The van der Waals surface area contributed by atoms with E-state index in [4.69, 9.17) is 4.74 Å². The normalized spacial score (nSPS) is 23.8. The summed E-state index contributed by atoms with van der Waals surface area (Å²) in [5.74, 6) is 1.31. The number of carbonyl (C=O) groups is 2. The van der Waals surface area contributed by atoms with Gasteiger partial charge in [-0.2, -0.15) is 25.3 Å². The van der Waals surface area contributed by atoms with Crippen molar-refractivity contribution in [2.24, 2.45) is 5.92 Å². The second kappa shape index (κ2) is 13.2. The summed E-state index contributed by atoms with van der Waals surface area (Å²) >= 11 is 8.54. The van der Waals surface area contributed by atoms with E-state index in [0.717, 1.165) is 45.3 Å². The maximum Gasteiger partial charge on any atom is 0.310 e. The number of amides is 1. The van der Waals surface area contributed by atoms with E-state index in [9.17, 15) is 9.59 Å². The number of hydrogen-bond donors (Lipinski definition) is 3. The molecule has 36 heavy (non-hydrogen) atoms. The van der Waals surface area contributed by atoms with E-state index in [1.165, 1.54) is 23.4 Å². The molecule has 4 rings (SSSR count). The molecular weight excluding hydrogens is 490 g/mol. The summed E-state index contributed by atoms with van der Waals surface area (Å²) in [6.07, 6.45) is 4.08. The summed E-state index contributed by atoms with van der Waals surface area (Å²) in [5, 5.41) is 5.34. The zero-order valence-electron chi connectivity index (χ0n) is 21.1. The molecule has 1 amide bonds. The molecule has 196 valence electrons. The predicted molar refractivity (Wildman–Crippen MR) is 152 cm³/mol. The molecule has 8 heteroatoms. The van der Waals surface area contributed by atoms with Crippen molar-refractivity contribution in [3.05, 3.63) is 48.0 Å². The predicted octanol–water partition coefficient (Wildman–Crippen LogP) is 3.62. The lowest BCUT2D eigenvalue weighted by molar-refractivity contribution is -0.150. The highest BCUT2D eigenvalue weighted by atomic mass is 32.1. The fraction of sp³-hybridized carbons (Fsp3) is 0.571. The topological polar surface area (TPSA) is 61.9 Å². The fourth-order valence-corrected chi connectivity index (χ4v) is 6.64. The van der Waals surface area contributed by atoms with Gasteiger partial charge < -0.3 is 10.1 Å². The number of benzene rings is 2. The zero-order chi connectivity index (χ0) is 25.5. The van der Waals surface area contributed by atoms with E-state index in [0.29, 0.717) is 30.6 Å². The molecule has 0 aromatic heterocycles. The molecule has 2 aliphatic rings. The summed E-state index contributed by atoms with van der Waals surface area (Å²) in [4.78, 5) is 30.0. The van der Waals surface area contributed by atoms with Crippen molar-refractivity contribution in [2.75, 3.05) is 51.3 Å². The van der Waals surface area contributed by atoms with Crippen LogP contribution in [0.2, 0.25) is 0 Å². The van der Waals surface area contributed by atoms with Gasteiger partial charge in [0.15, 0.2) is 0 Å². The van der Waals surface area contributed by atoms with Crippen LogP contribution in [-0.2, 0) is 14.3 Å². The van der Waals surface area contributed by atoms with Gasteiger partial charge in [0.1, 0.15) is 0 Å². The highest BCUT2D eigenvalue weighted by Gasteiger charge is 2.50. The molecule has 0 spiro atoms. The minimum atomic E-state index is -0.157. The molecule has 0 saturated carbocycles. The SMILES string of the molecule is COC(=O)[C@H]1[C@@H](c2ccc3ccccc3c2)CC2CC[C@H]1N2CCCN(CCS)CC(=O)NCCS. The van der Waals surface area contributed by atoms with Crippen molar-refractivity contribution in [3.8, 4) is 0 Å². The highest BCUT2D eigenvalue weighted by molar-refractivity contribution is 7.80. The van der Waals surface area contributed by atoms with E-state index in [2.05, 4.69) is 82.8 Å². The first-order valence-corrected chi connectivity index (χ1v) is 14.3. The molecule has 2 bridgehead atoms. The number of esters is 1. The summed E-state index contributed by atoms with van der Waals surface area (Å²) in [6, 6.07) is 15.7. The lowest BCUT2D eigenvalue weighted by Crippen LogP contribution is -2.51. The fourth-order valence-electron chi connectivity index (χ4n) is 6.24. The zero-order valence-corrected chi connectivity index (χ0v) is 22.9. The molecule has 1 unspecified atom stereocenters. The Morgan fingerprint density at radius 2 is 1.89 bits per heavy atom. The van der Waals surface area contributed by atoms with Crippen LogP contribution >= 0.6 is 25.3 Å². The lowest BCUT2D eigenvalue weighted by Gasteiger charge is -2.44. The number of rotatable bonds is 12. The minimum Gasteiger partial charge on any atom is -0.469 e. The molecule has 0 radical (unpaired) electrons. The molecule has 6 nitrogen and oxygen atoms in total. The van der Waals surface area contributed by atoms with Crippen LogP contribution in [0.1, 0.15) is 37.2 Å². The van der Waals surface area contributed by atoms with Gasteiger partial charge in [0, 0.05) is 42.6 Å². The smallest absolute Gasteiger partial charge is 0.310 e. The van der Waals surface area contributed by atoms with Gasteiger partial charge in [-0.15, -0.1) is 0 Å². The number of piperidine rings is 1. The van der Waals surface area contributed by atoms with Crippen molar-refractivity contribution >= 4 is 47.9 Å². The van der Waals surface area contributed by atoms with Crippen molar-refractivity contribution in [1.82, 2.24) is 15.1 Å². The first-order valence-electron chi connectivity index (χ1n) is 13.1. The highest BCUT2D eigenvalue weighted by Crippen LogP contribution is 2.47. The number of hydrogen-bond acceptors (Lipinski definition) is 7. The average Bonchev–Trinajstić information content (AvgIpc) is 3.17. The number of ether oxygens (including phenoxy) is 1. The van der Waals surface area contributed by atoms with Gasteiger partial charge in [-0.3, -0.25) is 19.4 Å². The lowest BCUT2D eigenvalue weighted by atomic mass is 9.75. The third-order valence-electron chi connectivity index (χ3n) is 7.85. The van der Waals surface area contributed by atoms with E-state index in [-0.39, 0.29) is 29.8 Å². The van der Waals surface area contributed by atoms with Crippen LogP contribution in [0, 0.1) is 5.92 Å². The average molecular weight is 530 g/mol. The van der Waals surface area contributed by atoms with Crippen LogP contribution in [0.3, 0.4) is 0 Å². The number of fused-ring (bicyclic) bond motifs is 3. The molecule has 2 aromatic carbocycles. The number of methoxy groups -OCH3 is 1. The Kier molecular flexibility index (Phi) is 9.99. The van der Waals surface area contributed by atoms with Gasteiger partial charge in [-0.25, -0.2) is 0 Å². The number of carbonyl (C=O) groups excluding carboxylic acids is 2. The van der Waals surface area contributed by atoms with Gasteiger partial charge in [0.2, 0.25) is 5.91 Å². The molecule has 2 heterocycles. The standard InChI is InChI=1S/C28H39N3O3S2/c1-34-28(33)27-24(22-8-7-20-5-2-3-6-21(20)17-22)18-23-9-10-25(27)31(23)13-4-12-30(14-16-36)19-26(32)29-11-15-35/h2-3,5-8,17,23-25,27,35-36H,4,9-16,18-19H2,1H3,(H,29,32)/t23?,24-,25-,27+/m1/s1. The second-order valence-corrected chi connectivity index (χ2v) is 10.9. The van der Waals surface area contributed by atoms with Crippen molar-refractivity contribution in [3.63, 3.8) is 0 Å². The Morgan fingerprint density at radius 1 is 1.08 bits per heavy atom. The second-order valence-electron chi connectivity index (χ2n) is 9.96. The van der Waals surface area contributed by atoms with Gasteiger partial charge in [-0.1, -0.05) is 42.5 Å². The molecule has 0 aliphatic carbocycles. The number of nitrogens with one attached hydrogen (secondary N) is 1. The van der Waals surface area contributed by atoms with E-state index >= 15 is 0 Å². The monoisotopic (exact) mass is 529 g/mol. The van der Waals surface area contributed by atoms with Crippen LogP contribution in [-0.4, -0.2) is 85.1 Å².